The molecule has 1 aromatic rings. The van der Waals surface area contributed by atoms with Gasteiger partial charge in [0.1, 0.15) is 5.82 Å². The molecule has 0 aliphatic carbocycles. The van der Waals surface area contributed by atoms with Gasteiger partial charge < -0.3 is 11.5 Å². The van der Waals surface area contributed by atoms with Gasteiger partial charge in [0.25, 0.3) is 0 Å². The van der Waals surface area contributed by atoms with Crippen LogP contribution in [0, 0.1) is 0 Å². The maximum Gasteiger partial charge on any atom is 0.128 e. The quantitative estimate of drug-likeness (QED) is 0.833. The lowest BCUT2D eigenvalue weighted by atomic mass is 10.1. The van der Waals surface area contributed by atoms with Crippen molar-refractivity contribution in [1.29, 1.82) is 0 Å². The summed E-state index contributed by atoms with van der Waals surface area (Å²) in [6.07, 6.45) is 1.53. The zero-order chi connectivity index (χ0) is 10.6. The molecule has 3 nitrogen and oxygen atoms in total. The van der Waals surface area contributed by atoms with Crippen LogP contribution in [0.1, 0.15) is 18.5 Å². The van der Waals surface area contributed by atoms with Gasteiger partial charge in [-0.2, -0.15) is 11.8 Å². The highest BCUT2D eigenvalue weighted by molar-refractivity contribution is 7.99. The van der Waals surface area contributed by atoms with Crippen LogP contribution in [-0.2, 0) is 0 Å². The number of nitrogens with two attached hydrogens (primary N) is 2. The molecule has 1 atom stereocenters. The third-order valence-electron chi connectivity index (χ3n) is 1.82. The van der Waals surface area contributed by atoms with Gasteiger partial charge in [0.05, 0.1) is 5.02 Å². The van der Waals surface area contributed by atoms with Crippen LogP contribution in [0.15, 0.2) is 12.3 Å². The molecular formula is C9H14ClN3S. The van der Waals surface area contributed by atoms with Crippen LogP contribution in [0.4, 0.5) is 5.82 Å². The minimum atomic E-state index is -0.0915. The van der Waals surface area contributed by atoms with E-state index < -0.39 is 0 Å². The Morgan fingerprint density at radius 1 is 1.64 bits per heavy atom. The lowest BCUT2D eigenvalue weighted by molar-refractivity contribution is 0.829. The highest BCUT2D eigenvalue weighted by Crippen LogP contribution is 2.23. The van der Waals surface area contributed by atoms with Crippen LogP contribution >= 0.6 is 23.4 Å². The van der Waals surface area contributed by atoms with Gasteiger partial charge in [-0.3, -0.25) is 0 Å². The molecular weight excluding hydrogens is 218 g/mol. The Labute approximate surface area is 93.2 Å². The summed E-state index contributed by atoms with van der Waals surface area (Å²) in [6.45, 7) is 2.09. The Balaban J connectivity index is 2.77. The fourth-order valence-electron chi connectivity index (χ4n) is 1.10. The monoisotopic (exact) mass is 231 g/mol. The maximum atomic E-state index is 5.95. The summed E-state index contributed by atoms with van der Waals surface area (Å²) in [4.78, 5) is 3.96. The van der Waals surface area contributed by atoms with Crippen LogP contribution in [-0.4, -0.2) is 16.5 Å². The van der Waals surface area contributed by atoms with E-state index in [-0.39, 0.29) is 6.04 Å². The molecule has 1 rings (SSSR count). The first-order chi connectivity index (χ1) is 6.65. The zero-order valence-electron chi connectivity index (χ0n) is 8.03. The molecule has 0 amide bonds. The fraction of sp³-hybridized carbons (Fsp3) is 0.444. The summed E-state index contributed by atoms with van der Waals surface area (Å²) in [7, 11) is 0. The second-order valence-electron chi connectivity index (χ2n) is 2.89. The smallest absolute Gasteiger partial charge is 0.128 e. The second-order valence-corrected chi connectivity index (χ2v) is 4.65. The number of hydrogen-bond donors (Lipinski definition) is 2. The molecule has 1 unspecified atom stereocenters. The summed E-state index contributed by atoms with van der Waals surface area (Å²) in [5, 5.41) is 0.575. The molecule has 0 saturated carbocycles. The van der Waals surface area contributed by atoms with Crippen molar-refractivity contribution >= 4 is 29.2 Å². The van der Waals surface area contributed by atoms with E-state index in [2.05, 4.69) is 11.9 Å². The average molecular weight is 232 g/mol. The molecule has 0 bridgehead atoms. The van der Waals surface area contributed by atoms with Gasteiger partial charge in [-0.05, 0) is 11.8 Å². The fourth-order valence-corrected chi connectivity index (χ4v) is 1.93. The highest BCUT2D eigenvalue weighted by atomic mass is 35.5. The molecule has 78 valence electrons. The molecule has 14 heavy (non-hydrogen) atoms. The van der Waals surface area contributed by atoms with E-state index >= 15 is 0 Å². The minimum absolute atomic E-state index is 0.0915. The van der Waals surface area contributed by atoms with Crippen molar-refractivity contribution in [3.63, 3.8) is 0 Å². The molecule has 1 aromatic heterocycles. The first-order valence-electron chi connectivity index (χ1n) is 4.39. The highest BCUT2D eigenvalue weighted by Gasteiger charge is 2.10. The molecule has 0 fully saturated rings. The minimum Gasteiger partial charge on any atom is -0.383 e. The van der Waals surface area contributed by atoms with Gasteiger partial charge in [0.2, 0.25) is 0 Å². The van der Waals surface area contributed by atoms with Crippen LogP contribution in [0.3, 0.4) is 0 Å². The first-order valence-corrected chi connectivity index (χ1v) is 5.92. The third kappa shape index (κ3) is 3.04. The molecule has 0 saturated heterocycles. The van der Waals surface area contributed by atoms with Crippen LogP contribution in [0.25, 0.3) is 0 Å². The van der Waals surface area contributed by atoms with Crippen molar-refractivity contribution in [3.8, 4) is 0 Å². The van der Waals surface area contributed by atoms with Crippen molar-refractivity contribution < 1.29 is 0 Å². The number of thioether (sulfide) groups is 1. The summed E-state index contributed by atoms with van der Waals surface area (Å²) < 4.78 is 0. The van der Waals surface area contributed by atoms with Crippen molar-refractivity contribution in [1.82, 2.24) is 4.98 Å². The topological polar surface area (TPSA) is 64.9 Å². The van der Waals surface area contributed by atoms with Crippen molar-refractivity contribution in [2.75, 3.05) is 17.2 Å². The van der Waals surface area contributed by atoms with Crippen molar-refractivity contribution in [2.24, 2.45) is 5.73 Å². The number of aromatic nitrogens is 1. The third-order valence-corrected chi connectivity index (χ3v) is 3.03. The summed E-state index contributed by atoms with van der Waals surface area (Å²) >= 11 is 7.59. The Kier molecular flexibility index (Phi) is 4.51. The van der Waals surface area contributed by atoms with E-state index in [0.29, 0.717) is 10.8 Å². The number of rotatable bonds is 4. The Morgan fingerprint density at radius 2 is 2.36 bits per heavy atom. The van der Waals surface area contributed by atoms with Crippen LogP contribution < -0.4 is 11.5 Å². The lowest BCUT2D eigenvalue weighted by Crippen LogP contribution is -2.15. The van der Waals surface area contributed by atoms with Gasteiger partial charge >= 0.3 is 0 Å². The van der Waals surface area contributed by atoms with Gasteiger partial charge in [0.15, 0.2) is 0 Å². The predicted molar refractivity (Wildman–Crippen MR) is 63.6 cm³/mol. The number of hydrogen-bond acceptors (Lipinski definition) is 4. The maximum absolute atomic E-state index is 5.95. The van der Waals surface area contributed by atoms with E-state index in [0.717, 1.165) is 17.1 Å². The molecule has 0 aromatic carbocycles. The molecule has 0 radical (unpaired) electrons. The molecule has 1 heterocycles. The van der Waals surface area contributed by atoms with E-state index in [1.54, 1.807) is 17.8 Å². The standard InChI is InChI=1S/C9H14ClN3S/c1-2-14-5-8(11)7-3-6(10)4-13-9(7)12/h3-4,8H,2,5,11H2,1H3,(H2,12,13). The number of nitrogen functional groups attached to an aromatic ring is 1. The normalized spacial score (nSPS) is 12.8. The molecule has 4 N–H and O–H groups in total. The van der Waals surface area contributed by atoms with Gasteiger partial charge in [-0.1, -0.05) is 18.5 Å². The van der Waals surface area contributed by atoms with Crippen LogP contribution in [0.5, 0.6) is 0 Å². The number of pyridine rings is 1. The van der Waals surface area contributed by atoms with E-state index in [1.165, 1.54) is 6.20 Å². The SMILES string of the molecule is CCSCC(N)c1cc(Cl)cnc1N. The largest absolute Gasteiger partial charge is 0.383 e. The van der Waals surface area contributed by atoms with Crippen molar-refractivity contribution in [2.45, 2.75) is 13.0 Å². The van der Waals surface area contributed by atoms with E-state index in [4.69, 9.17) is 23.1 Å². The molecule has 0 spiro atoms. The molecule has 0 aliphatic rings. The molecule has 0 aliphatic heterocycles. The zero-order valence-corrected chi connectivity index (χ0v) is 9.61. The molecule has 5 heteroatoms. The Bertz CT molecular complexity index is 306. The number of anilines is 1. The Morgan fingerprint density at radius 3 is 3.00 bits per heavy atom. The first kappa shape index (κ1) is 11.6. The van der Waals surface area contributed by atoms with E-state index in [9.17, 15) is 0 Å². The number of halogens is 1. The predicted octanol–water partition coefficient (Wildman–Crippen LogP) is 2.07. The van der Waals surface area contributed by atoms with E-state index in [1.807, 2.05) is 0 Å². The van der Waals surface area contributed by atoms with Gasteiger partial charge in [-0.25, -0.2) is 4.98 Å². The summed E-state index contributed by atoms with van der Waals surface area (Å²) in [5.41, 5.74) is 12.5. The lowest BCUT2D eigenvalue weighted by Gasteiger charge is -2.12. The van der Waals surface area contributed by atoms with Crippen LogP contribution in [0.2, 0.25) is 5.02 Å². The van der Waals surface area contributed by atoms with Crippen molar-refractivity contribution in [3.05, 3.63) is 22.8 Å². The van der Waals surface area contributed by atoms with Gasteiger partial charge in [0, 0.05) is 23.6 Å². The second kappa shape index (κ2) is 5.44. The van der Waals surface area contributed by atoms with Gasteiger partial charge in [-0.15, -0.1) is 0 Å². The summed E-state index contributed by atoms with van der Waals surface area (Å²) in [6, 6.07) is 1.69. The summed E-state index contributed by atoms with van der Waals surface area (Å²) in [5.74, 6) is 2.35. The number of nitrogens with zero attached hydrogens (tertiary/aromatic N) is 1. The average Bonchev–Trinajstić information content (AvgIpc) is 2.18. The Hall–Kier alpha value is -0.450.